The summed E-state index contributed by atoms with van der Waals surface area (Å²) in [6.45, 7) is 3.57. The average Bonchev–Trinajstić information content (AvgIpc) is 2.67. The van der Waals surface area contributed by atoms with Crippen molar-refractivity contribution < 1.29 is 14.3 Å². The molecule has 140 valence electrons. The van der Waals surface area contributed by atoms with Crippen LogP contribution in [0.4, 0.5) is 5.69 Å². The standard InChI is InChI=1S/C21H28N2O3/c1-17-11-12-19(20(15-17)25-3)26-16-21(24)22-13-7-8-14-23(2)18-9-5-4-6-10-18/h4-6,9-12,15H,7-8,13-14,16H2,1-3H3,(H,22,24). The molecule has 0 atom stereocenters. The fraction of sp³-hybridized carbons (Fsp3) is 0.381. The van der Waals surface area contributed by atoms with Crippen LogP contribution >= 0.6 is 0 Å². The van der Waals surface area contributed by atoms with Gasteiger partial charge in [0.05, 0.1) is 7.11 Å². The number of para-hydroxylation sites is 1. The maximum atomic E-state index is 11.9. The Labute approximate surface area is 155 Å². The van der Waals surface area contributed by atoms with E-state index in [1.54, 1.807) is 7.11 Å². The first-order valence-electron chi connectivity index (χ1n) is 8.90. The number of aryl methyl sites for hydroxylation is 1. The first kappa shape index (κ1) is 19.6. The zero-order chi connectivity index (χ0) is 18.8. The van der Waals surface area contributed by atoms with E-state index in [4.69, 9.17) is 9.47 Å². The summed E-state index contributed by atoms with van der Waals surface area (Å²) in [5, 5.41) is 2.89. The molecule has 5 nitrogen and oxygen atoms in total. The van der Waals surface area contributed by atoms with Gasteiger partial charge in [-0.15, -0.1) is 0 Å². The van der Waals surface area contributed by atoms with Gasteiger partial charge in [-0.3, -0.25) is 4.79 Å². The fourth-order valence-electron chi connectivity index (χ4n) is 2.60. The van der Waals surface area contributed by atoms with Crippen molar-refractivity contribution in [3.63, 3.8) is 0 Å². The number of ether oxygens (including phenoxy) is 2. The quantitative estimate of drug-likeness (QED) is 0.663. The number of rotatable bonds is 10. The number of nitrogens with one attached hydrogen (secondary N) is 1. The van der Waals surface area contributed by atoms with Crippen LogP contribution in [0, 0.1) is 6.92 Å². The van der Waals surface area contributed by atoms with Gasteiger partial charge in [-0.2, -0.15) is 0 Å². The molecule has 2 aromatic carbocycles. The van der Waals surface area contributed by atoms with Crippen LogP contribution in [0.2, 0.25) is 0 Å². The highest BCUT2D eigenvalue weighted by atomic mass is 16.5. The van der Waals surface area contributed by atoms with E-state index >= 15 is 0 Å². The number of carbonyl (C=O) groups is 1. The van der Waals surface area contributed by atoms with Crippen molar-refractivity contribution in [2.45, 2.75) is 19.8 Å². The lowest BCUT2D eigenvalue weighted by atomic mass is 10.2. The molecular weight excluding hydrogens is 328 g/mol. The van der Waals surface area contributed by atoms with E-state index in [2.05, 4.69) is 29.4 Å². The van der Waals surface area contributed by atoms with Gasteiger partial charge in [0.2, 0.25) is 0 Å². The number of carbonyl (C=O) groups excluding carboxylic acids is 1. The number of methoxy groups -OCH3 is 1. The molecule has 1 amide bonds. The molecule has 2 rings (SSSR count). The van der Waals surface area contributed by atoms with Crippen molar-refractivity contribution in [3.8, 4) is 11.5 Å². The molecule has 0 unspecified atom stereocenters. The fourth-order valence-corrected chi connectivity index (χ4v) is 2.60. The second kappa shape index (κ2) is 10.3. The van der Waals surface area contributed by atoms with E-state index < -0.39 is 0 Å². The molecule has 1 N–H and O–H groups in total. The maximum Gasteiger partial charge on any atom is 0.257 e. The third-order valence-corrected chi connectivity index (χ3v) is 4.12. The molecule has 0 radical (unpaired) electrons. The molecule has 26 heavy (non-hydrogen) atoms. The van der Waals surface area contributed by atoms with Crippen LogP contribution in [0.15, 0.2) is 48.5 Å². The molecule has 0 aliphatic heterocycles. The summed E-state index contributed by atoms with van der Waals surface area (Å²) >= 11 is 0. The third kappa shape index (κ3) is 6.31. The van der Waals surface area contributed by atoms with E-state index in [1.807, 2.05) is 43.3 Å². The maximum absolute atomic E-state index is 11.9. The van der Waals surface area contributed by atoms with Gasteiger partial charge in [0.25, 0.3) is 5.91 Å². The van der Waals surface area contributed by atoms with E-state index in [0.29, 0.717) is 18.0 Å². The Morgan fingerprint density at radius 1 is 1.08 bits per heavy atom. The number of nitrogens with zero attached hydrogens (tertiary/aromatic N) is 1. The zero-order valence-corrected chi connectivity index (χ0v) is 15.8. The van der Waals surface area contributed by atoms with Gasteiger partial charge in [-0.25, -0.2) is 0 Å². The molecule has 0 aromatic heterocycles. The highest BCUT2D eigenvalue weighted by Gasteiger charge is 2.07. The van der Waals surface area contributed by atoms with Crippen molar-refractivity contribution in [2.75, 3.05) is 38.8 Å². The summed E-state index contributed by atoms with van der Waals surface area (Å²) in [5.74, 6) is 1.10. The number of unbranched alkanes of at least 4 members (excludes halogenated alkanes) is 1. The summed E-state index contributed by atoms with van der Waals surface area (Å²) in [7, 11) is 3.67. The average molecular weight is 356 g/mol. The molecule has 0 saturated carbocycles. The lowest BCUT2D eigenvalue weighted by Crippen LogP contribution is -2.30. The predicted octanol–water partition coefficient (Wildman–Crippen LogP) is 3.42. The molecule has 0 spiro atoms. The number of hydrogen-bond donors (Lipinski definition) is 1. The monoisotopic (exact) mass is 356 g/mol. The van der Waals surface area contributed by atoms with Crippen LogP contribution in [-0.2, 0) is 4.79 Å². The van der Waals surface area contributed by atoms with Gasteiger partial charge >= 0.3 is 0 Å². The molecule has 0 bridgehead atoms. The molecule has 0 fully saturated rings. The summed E-state index contributed by atoms with van der Waals surface area (Å²) < 4.78 is 10.8. The molecular formula is C21H28N2O3. The summed E-state index contributed by atoms with van der Waals surface area (Å²) in [6, 6.07) is 15.9. The SMILES string of the molecule is COc1cc(C)ccc1OCC(=O)NCCCCN(C)c1ccccc1. The van der Waals surface area contributed by atoms with Crippen LogP contribution in [0.3, 0.4) is 0 Å². The van der Waals surface area contributed by atoms with Gasteiger partial charge in [0.15, 0.2) is 18.1 Å². The highest BCUT2D eigenvalue weighted by Crippen LogP contribution is 2.27. The Morgan fingerprint density at radius 2 is 1.85 bits per heavy atom. The van der Waals surface area contributed by atoms with Crippen molar-refractivity contribution in [1.29, 1.82) is 0 Å². The first-order valence-corrected chi connectivity index (χ1v) is 8.90. The molecule has 0 aliphatic rings. The molecule has 2 aromatic rings. The van der Waals surface area contributed by atoms with Crippen molar-refractivity contribution in [1.82, 2.24) is 5.32 Å². The van der Waals surface area contributed by atoms with Gasteiger partial charge in [-0.05, 0) is 49.6 Å². The lowest BCUT2D eigenvalue weighted by molar-refractivity contribution is -0.123. The minimum Gasteiger partial charge on any atom is -0.493 e. The highest BCUT2D eigenvalue weighted by molar-refractivity contribution is 5.77. The Balaban J connectivity index is 1.62. The Morgan fingerprint density at radius 3 is 2.58 bits per heavy atom. The second-order valence-electron chi connectivity index (χ2n) is 6.26. The summed E-state index contributed by atoms with van der Waals surface area (Å²) in [6.07, 6.45) is 1.94. The van der Waals surface area contributed by atoms with E-state index in [-0.39, 0.29) is 12.5 Å². The van der Waals surface area contributed by atoms with Crippen LogP contribution in [-0.4, -0.2) is 39.8 Å². The Hall–Kier alpha value is -2.69. The topological polar surface area (TPSA) is 50.8 Å². The van der Waals surface area contributed by atoms with Gasteiger partial charge < -0.3 is 19.7 Å². The van der Waals surface area contributed by atoms with Gasteiger partial charge in [0, 0.05) is 25.8 Å². The van der Waals surface area contributed by atoms with Crippen LogP contribution in [0.1, 0.15) is 18.4 Å². The lowest BCUT2D eigenvalue weighted by Gasteiger charge is -2.19. The molecule has 0 saturated heterocycles. The van der Waals surface area contributed by atoms with E-state index in [1.165, 1.54) is 5.69 Å². The normalized spacial score (nSPS) is 10.3. The third-order valence-electron chi connectivity index (χ3n) is 4.12. The van der Waals surface area contributed by atoms with Crippen molar-refractivity contribution >= 4 is 11.6 Å². The predicted molar refractivity (Wildman–Crippen MR) is 105 cm³/mol. The first-order chi connectivity index (χ1) is 12.6. The van der Waals surface area contributed by atoms with Gasteiger partial charge in [-0.1, -0.05) is 24.3 Å². The number of anilines is 1. The number of benzene rings is 2. The van der Waals surface area contributed by atoms with Gasteiger partial charge in [0.1, 0.15) is 0 Å². The molecule has 5 heteroatoms. The smallest absolute Gasteiger partial charge is 0.257 e. The minimum atomic E-state index is -0.121. The number of amides is 1. The van der Waals surface area contributed by atoms with Crippen LogP contribution in [0.25, 0.3) is 0 Å². The Kier molecular flexibility index (Phi) is 7.80. The summed E-state index contributed by atoms with van der Waals surface area (Å²) in [5.41, 5.74) is 2.29. The number of hydrogen-bond acceptors (Lipinski definition) is 4. The van der Waals surface area contributed by atoms with E-state index in [0.717, 1.165) is 24.9 Å². The minimum absolute atomic E-state index is 0.0106. The largest absolute Gasteiger partial charge is 0.493 e. The van der Waals surface area contributed by atoms with E-state index in [9.17, 15) is 4.79 Å². The molecule has 0 aliphatic carbocycles. The van der Waals surface area contributed by atoms with Crippen LogP contribution < -0.4 is 19.7 Å². The second-order valence-corrected chi connectivity index (χ2v) is 6.26. The van der Waals surface area contributed by atoms with Crippen LogP contribution in [0.5, 0.6) is 11.5 Å². The summed E-state index contributed by atoms with van der Waals surface area (Å²) in [4.78, 5) is 14.1. The molecule has 0 heterocycles. The Bertz CT molecular complexity index is 689. The zero-order valence-electron chi connectivity index (χ0n) is 15.8. The van der Waals surface area contributed by atoms with Crippen molar-refractivity contribution in [2.24, 2.45) is 0 Å². The van der Waals surface area contributed by atoms with Crippen molar-refractivity contribution in [3.05, 3.63) is 54.1 Å².